The summed E-state index contributed by atoms with van der Waals surface area (Å²) in [4.78, 5) is 38.1. The largest absolute Gasteiger partial charge is 0.467 e. The van der Waals surface area contributed by atoms with Gasteiger partial charge in [-0.15, -0.1) is 0 Å². The second-order valence-electron chi connectivity index (χ2n) is 9.20. The maximum Gasteiger partial charge on any atom is 0.318 e. The maximum atomic E-state index is 13.8. The highest BCUT2D eigenvalue weighted by Crippen LogP contribution is 2.47. The van der Waals surface area contributed by atoms with Crippen molar-refractivity contribution in [1.29, 1.82) is 5.26 Å². The molecule has 1 aliphatic carbocycles. The van der Waals surface area contributed by atoms with Gasteiger partial charge in [0.05, 0.1) is 36.4 Å². The average molecular weight is 567 g/mol. The average Bonchev–Trinajstić information content (AvgIpc) is 2.89. The summed E-state index contributed by atoms with van der Waals surface area (Å²) in [6.07, 6.45) is 4.25. The van der Waals surface area contributed by atoms with Crippen molar-refractivity contribution in [2.24, 2.45) is 0 Å². The molecule has 1 unspecified atom stereocenters. The molecular formula is C26H24BrFN6O3. The van der Waals surface area contributed by atoms with Gasteiger partial charge in [0.2, 0.25) is 5.91 Å². The van der Waals surface area contributed by atoms with E-state index in [0.717, 1.165) is 28.4 Å². The number of aromatic nitrogens is 2. The Morgan fingerprint density at radius 2 is 2.19 bits per heavy atom. The third-order valence-electron chi connectivity index (χ3n) is 7.16. The number of nitrogens with zero attached hydrogens (tertiary/aromatic N) is 5. The van der Waals surface area contributed by atoms with E-state index in [-0.39, 0.29) is 31.4 Å². The van der Waals surface area contributed by atoms with Gasteiger partial charge in [-0.3, -0.25) is 9.59 Å². The van der Waals surface area contributed by atoms with Crippen molar-refractivity contribution in [3.63, 3.8) is 0 Å². The van der Waals surface area contributed by atoms with Crippen LogP contribution in [0.4, 0.5) is 15.9 Å². The fourth-order valence-electron chi connectivity index (χ4n) is 5.44. The number of allylic oxidation sites excluding steroid dienone is 1. The summed E-state index contributed by atoms with van der Waals surface area (Å²) >= 11 is 3.64. The van der Waals surface area contributed by atoms with Crippen molar-refractivity contribution >= 4 is 39.2 Å². The summed E-state index contributed by atoms with van der Waals surface area (Å²) in [5, 5.41) is 12.4. The van der Waals surface area contributed by atoms with E-state index in [4.69, 9.17) is 4.74 Å². The number of halogens is 2. The standard InChI is InChI=1S/C26H24BrFN6O3/c1-15(28)23(35)34-12-11-33(14-16(34)8-10-29)22-21-20(30-25(32-22)37-2)13-26(24(36)31-21)9-4-5-17-18(26)6-3-7-19(17)27/h3,6-7,14H,1,4-5,8-9,11-13H2,2H3,(H,31,36). The molecule has 0 bridgehead atoms. The molecule has 190 valence electrons. The SMILES string of the molecule is C=C(F)C(=O)N1CCN(c2nc(OC)nc3c2NC(=O)C2(CCCc4c(Br)cccc42)C3)C=C1CC#N. The molecule has 0 saturated carbocycles. The lowest BCUT2D eigenvalue weighted by atomic mass is 9.65. The van der Waals surface area contributed by atoms with Crippen LogP contribution in [-0.2, 0) is 27.8 Å². The van der Waals surface area contributed by atoms with Crippen molar-refractivity contribution in [2.45, 2.75) is 37.5 Å². The number of ether oxygens (including phenoxy) is 1. The Labute approximate surface area is 221 Å². The lowest BCUT2D eigenvalue weighted by Gasteiger charge is -2.42. The lowest BCUT2D eigenvalue weighted by molar-refractivity contribution is -0.127. The molecule has 37 heavy (non-hydrogen) atoms. The lowest BCUT2D eigenvalue weighted by Crippen LogP contribution is -2.49. The molecule has 1 atom stereocenters. The Hall–Kier alpha value is -3.78. The molecule has 2 aromatic rings. The molecule has 3 heterocycles. The van der Waals surface area contributed by atoms with Crippen LogP contribution < -0.4 is 15.0 Å². The Morgan fingerprint density at radius 1 is 1.38 bits per heavy atom. The Morgan fingerprint density at radius 3 is 2.92 bits per heavy atom. The second kappa shape index (κ2) is 9.59. The monoisotopic (exact) mass is 566 g/mol. The van der Waals surface area contributed by atoms with Crippen LogP contribution in [0, 0.1) is 11.3 Å². The van der Waals surface area contributed by atoms with Gasteiger partial charge in [-0.05, 0) is 36.5 Å². The van der Waals surface area contributed by atoms with Crippen LogP contribution >= 0.6 is 15.9 Å². The molecule has 11 heteroatoms. The van der Waals surface area contributed by atoms with Gasteiger partial charge in [-0.25, -0.2) is 4.39 Å². The summed E-state index contributed by atoms with van der Waals surface area (Å²) < 4.78 is 20.0. The first-order valence-electron chi connectivity index (χ1n) is 11.8. The zero-order valence-corrected chi connectivity index (χ0v) is 21.8. The van der Waals surface area contributed by atoms with Gasteiger partial charge >= 0.3 is 6.01 Å². The van der Waals surface area contributed by atoms with E-state index in [0.29, 0.717) is 35.7 Å². The fraction of sp³-hybridized carbons (Fsp3) is 0.346. The minimum atomic E-state index is -1.10. The van der Waals surface area contributed by atoms with E-state index in [2.05, 4.69) is 37.8 Å². The van der Waals surface area contributed by atoms with Crippen LogP contribution in [0.15, 0.2) is 47.0 Å². The summed E-state index contributed by atoms with van der Waals surface area (Å²) in [6, 6.07) is 8.08. The van der Waals surface area contributed by atoms with Crippen molar-refractivity contribution < 1.29 is 18.7 Å². The van der Waals surface area contributed by atoms with Gasteiger partial charge in [0.15, 0.2) is 11.6 Å². The van der Waals surface area contributed by atoms with Crippen molar-refractivity contribution in [2.75, 3.05) is 30.4 Å². The molecule has 2 aliphatic heterocycles. The third-order valence-corrected chi connectivity index (χ3v) is 7.90. The second-order valence-corrected chi connectivity index (χ2v) is 10.1. The van der Waals surface area contributed by atoms with Crippen LogP contribution in [0.2, 0.25) is 0 Å². The predicted molar refractivity (Wildman–Crippen MR) is 137 cm³/mol. The van der Waals surface area contributed by atoms with Crippen molar-refractivity contribution in [3.8, 4) is 12.1 Å². The van der Waals surface area contributed by atoms with E-state index < -0.39 is 17.1 Å². The van der Waals surface area contributed by atoms with E-state index in [9.17, 15) is 19.2 Å². The normalized spacial score (nSPS) is 20.4. The van der Waals surface area contributed by atoms with Crippen LogP contribution in [0.5, 0.6) is 6.01 Å². The molecule has 1 spiro atoms. The number of fused-ring (bicyclic) bond motifs is 3. The number of anilines is 2. The number of carbonyl (C=O) groups excluding carboxylic acids is 2. The minimum absolute atomic E-state index is 0.107. The molecule has 0 saturated heterocycles. The van der Waals surface area contributed by atoms with E-state index in [1.54, 1.807) is 11.1 Å². The number of nitrogens with one attached hydrogen (secondary N) is 1. The third kappa shape index (κ3) is 4.15. The first-order chi connectivity index (χ1) is 17.8. The highest BCUT2D eigenvalue weighted by Gasteiger charge is 2.48. The highest BCUT2D eigenvalue weighted by atomic mass is 79.9. The van der Waals surface area contributed by atoms with Gasteiger partial charge in [0, 0.05) is 30.2 Å². The first kappa shape index (κ1) is 24.9. The molecule has 2 amide bonds. The van der Waals surface area contributed by atoms with Gasteiger partial charge in [-0.1, -0.05) is 34.6 Å². The van der Waals surface area contributed by atoms with Gasteiger partial charge in [0.25, 0.3) is 5.91 Å². The van der Waals surface area contributed by atoms with Crippen LogP contribution in [-0.4, -0.2) is 46.9 Å². The molecule has 1 aromatic heterocycles. The number of hydrogen-bond acceptors (Lipinski definition) is 7. The zero-order valence-electron chi connectivity index (χ0n) is 20.2. The van der Waals surface area contributed by atoms with Crippen molar-refractivity contribution in [1.82, 2.24) is 14.9 Å². The molecule has 3 aliphatic rings. The fourth-order valence-corrected chi connectivity index (χ4v) is 6.01. The molecule has 1 N–H and O–H groups in total. The summed E-state index contributed by atoms with van der Waals surface area (Å²) in [6.45, 7) is 3.44. The number of benzene rings is 1. The first-order valence-corrected chi connectivity index (χ1v) is 12.6. The topological polar surface area (TPSA) is 111 Å². The molecule has 1 aromatic carbocycles. The molecule has 0 fully saturated rings. The predicted octanol–water partition coefficient (Wildman–Crippen LogP) is 3.90. The Bertz CT molecular complexity index is 1400. The summed E-state index contributed by atoms with van der Waals surface area (Å²) in [5.41, 5.74) is 2.75. The van der Waals surface area contributed by atoms with Gasteiger partial charge in [-0.2, -0.15) is 15.2 Å². The van der Waals surface area contributed by atoms with Crippen LogP contribution in [0.3, 0.4) is 0 Å². The number of rotatable bonds is 4. The van der Waals surface area contributed by atoms with E-state index in [1.165, 1.54) is 12.0 Å². The molecular weight excluding hydrogens is 543 g/mol. The number of carbonyl (C=O) groups is 2. The molecule has 5 rings (SSSR count). The Kier molecular flexibility index (Phi) is 6.45. The summed E-state index contributed by atoms with van der Waals surface area (Å²) in [5.74, 6) is -1.73. The number of nitriles is 1. The smallest absolute Gasteiger partial charge is 0.318 e. The van der Waals surface area contributed by atoms with E-state index in [1.807, 2.05) is 24.3 Å². The summed E-state index contributed by atoms with van der Waals surface area (Å²) in [7, 11) is 1.47. The zero-order chi connectivity index (χ0) is 26.3. The number of hydrogen-bond donors (Lipinski definition) is 1. The molecule has 0 radical (unpaired) electrons. The molecule has 9 nitrogen and oxygen atoms in total. The van der Waals surface area contributed by atoms with Crippen LogP contribution in [0.25, 0.3) is 0 Å². The van der Waals surface area contributed by atoms with Crippen LogP contribution in [0.1, 0.15) is 36.1 Å². The van der Waals surface area contributed by atoms with Gasteiger partial charge < -0.3 is 19.9 Å². The van der Waals surface area contributed by atoms with Gasteiger partial charge in [0.1, 0.15) is 5.69 Å². The minimum Gasteiger partial charge on any atom is -0.467 e. The van der Waals surface area contributed by atoms with Crippen molar-refractivity contribution in [3.05, 3.63) is 63.8 Å². The Balaban J connectivity index is 1.59. The highest BCUT2D eigenvalue weighted by molar-refractivity contribution is 9.10. The number of amides is 2. The number of methoxy groups -OCH3 is 1. The van der Waals surface area contributed by atoms with E-state index >= 15 is 0 Å². The maximum absolute atomic E-state index is 13.8. The quantitative estimate of drug-likeness (QED) is 0.558.